The van der Waals surface area contributed by atoms with Gasteiger partial charge in [0.05, 0.1) is 18.8 Å². The number of nitrogens with zero attached hydrogens (tertiary/aromatic N) is 3. The average molecular weight is 338 g/mol. The summed E-state index contributed by atoms with van der Waals surface area (Å²) in [6.07, 6.45) is 5.28. The Bertz CT molecular complexity index is 796. The molecular formula is C19H22N4O2. The molecule has 0 fully saturated rings. The lowest BCUT2D eigenvalue weighted by Gasteiger charge is -2.23. The molecule has 2 amide bonds. The lowest BCUT2D eigenvalue weighted by molar-refractivity contribution is 0.186. The van der Waals surface area contributed by atoms with Crippen molar-refractivity contribution in [2.24, 2.45) is 0 Å². The number of carbonyl (C=O) groups excluding carboxylic acids is 1. The van der Waals surface area contributed by atoms with E-state index in [1.165, 1.54) is 5.56 Å². The second-order valence-electron chi connectivity index (χ2n) is 5.92. The van der Waals surface area contributed by atoms with Gasteiger partial charge in [-0.25, -0.2) is 9.78 Å². The molecule has 0 aliphatic rings. The van der Waals surface area contributed by atoms with Crippen LogP contribution in [0.3, 0.4) is 0 Å². The van der Waals surface area contributed by atoms with Crippen LogP contribution in [0.15, 0.2) is 65.5 Å². The summed E-state index contributed by atoms with van der Waals surface area (Å²) in [4.78, 5) is 18.3. The minimum Gasteiger partial charge on any atom is -0.467 e. The lowest BCUT2D eigenvalue weighted by Crippen LogP contribution is -2.38. The molecule has 25 heavy (non-hydrogen) atoms. The number of hydrogen-bond acceptors (Lipinski definition) is 3. The molecule has 130 valence electrons. The highest BCUT2D eigenvalue weighted by Gasteiger charge is 2.19. The summed E-state index contributed by atoms with van der Waals surface area (Å²) >= 11 is 0. The number of hydrogen-bond donors (Lipinski definition) is 1. The third kappa shape index (κ3) is 4.09. The van der Waals surface area contributed by atoms with Crippen LogP contribution < -0.4 is 5.32 Å². The van der Waals surface area contributed by atoms with Crippen molar-refractivity contribution < 1.29 is 9.21 Å². The number of imidazole rings is 1. The molecule has 6 heteroatoms. The van der Waals surface area contributed by atoms with Crippen molar-refractivity contribution in [1.82, 2.24) is 19.8 Å². The molecule has 0 radical (unpaired) electrons. The van der Waals surface area contributed by atoms with Crippen LogP contribution in [-0.2, 0) is 13.1 Å². The molecule has 0 spiro atoms. The maximum absolute atomic E-state index is 12.4. The molecule has 1 aromatic carbocycles. The monoisotopic (exact) mass is 338 g/mol. The first-order valence-electron chi connectivity index (χ1n) is 8.23. The average Bonchev–Trinajstić information content (AvgIpc) is 3.31. The summed E-state index contributed by atoms with van der Waals surface area (Å²) in [7, 11) is 1.75. The molecule has 0 aliphatic heterocycles. The van der Waals surface area contributed by atoms with Crippen LogP contribution in [0.4, 0.5) is 4.79 Å². The smallest absolute Gasteiger partial charge is 0.318 e. The highest BCUT2D eigenvalue weighted by molar-refractivity contribution is 5.74. The fourth-order valence-corrected chi connectivity index (χ4v) is 2.61. The van der Waals surface area contributed by atoms with E-state index in [0.29, 0.717) is 6.54 Å². The summed E-state index contributed by atoms with van der Waals surface area (Å²) in [5.41, 5.74) is 1.19. The fraction of sp³-hybridized carbons (Fsp3) is 0.263. The number of aromatic nitrogens is 2. The zero-order valence-corrected chi connectivity index (χ0v) is 14.4. The zero-order valence-electron chi connectivity index (χ0n) is 14.4. The van der Waals surface area contributed by atoms with Gasteiger partial charge in [-0.05, 0) is 24.6 Å². The van der Waals surface area contributed by atoms with Crippen molar-refractivity contribution in [2.75, 3.05) is 7.05 Å². The quantitative estimate of drug-likeness (QED) is 0.749. The van der Waals surface area contributed by atoms with Crippen molar-refractivity contribution in [3.05, 3.63) is 78.3 Å². The van der Waals surface area contributed by atoms with E-state index in [9.17, 15) is 4.79 Å². The Hall–Kier alpha value is -3.02. The SMILES string of the molecule is C[C@@H](c1ccco1)N(C)C(=O)NCc1nccn1Cc1ccccc1. The molecule has 1 N–H and O–H groups in total. The summed E-state index contributed by atoms with van der Waals surface area (Å²) < 4.78 is 7.40. The Balaban J connectivity index is 1.58. The van der Waals surface area contributed by atoms with Gasteiger partial charge in [-0.3, -0.25) is 0 Å². The molecule has 0 saturated carbocycles. The number of carbonyl (C=O) groups is 1. The van der Waals surface area contributed by atoms with E-state index in [1.807, 2.05) is 48.0 Å². The Labute approximate surface area is 147 Å². The van der Waals surface area contributed by atoms with E-state index >= 15 is 0 Å². The topological polar surface area (TPSA) is 63.3 Å². The van der Waals surface area contributed by atoms with E-state index in [-0.39, 0.29) is 12.1 Å². The first kappa shape index (κ1) is 16.8. The van der Waals surface area contributed by atoms with Gasteiger partial charge in [0.2, 0.25) is 0 Å². The van der Waals surface area contributed by atoms with Crippen LogP contribution in [0.1, 0.15) is 30.1 Å². The van der Waals surface area contributed by atoms with Crippen LogP contribution in [0.2, 0.25) is 0 Å². The molecule has 0 unspecified atom stereocenters. The second kappa shape index (κ2) is 7.70. The number of rotatable bonds is 6. The highest BCUT2D eigenvalue weighted by Crippen LogP contribution is 2.18. The van der Waals surface area contributed by atoms with E-state index in [1.54, 1.807) is 24.4 Å². The van der Waals surface area contributed by atoms with Gasteiger partial charge in [-0.2, -0.15) is 0 Å². The zero-order chi connectivity index (χ0) is 17.6. The van der Waals surface area contributed by atoms with Crippen molar-refractivity contribution in [2.45, 2.75) is 26.1 Å². The minimum absolute atomic E-state index is 0.140. The van der Waals surface area contributed by atoms with Gasteiger partial charge in [0.15, 0.2) is 0 Å². The van der Waals surface area contributed by atoms with E-state index in [0.717, 1.165) is 18.1 Å². The van der Waals surface area contributed by atoms with Gasteiger partial charge in [0, 0.05) is 26.0 Å². The molecular weight excluding hydrogens is 316 g/mol. The van der Waals surface area contributed by atoms with Gasteiger partial charge in [0.1, 0.15) is 11.6 Å². The second-order valence-corrected chi connectivity index (χ2v) is 5.92. The van der Waals surface area contributed by atoms with Crippen LogP contribution in [0, 0.1) is 0 Å². The number of urea groups is 1. The molecule has 0 saturated heterocycles. The van der Waals surface area contributed by atoms with Crippen molar-refractivity contribution >= 4 is 6.03 Å². The minimum atomic E-state index is -0.168. The first-order valence-corrected chi connectivity index (χ1v) is 8.23. The number of benzene rings is 1. The molecule has 3 aromatic rings. The van der Waals surface area contributed by atoms with Gasteiger partial charge in [-0.1, -0.05) is 30.3 Å². The maximum atomic E-state index is 12.4. The third-order valence-electron chi connectivity index (χ3n) is 4.25. The van der Waals surface area contributed by atoms with Crippen molar-refractivity contribution in [3.8, 4) is 0 Å². The number of furan rings is 1. The molecule has 0 aliphatic carbocycles. The first-order chi connectivity index (χ1) is 12.1. The normalized spacial score (nSPS) is 11.9. The molecule has 3 rings (SSSR count). The Morgan fingerprint density at radius 1 is 1.28 bits per heavy atom. The Morgan fingerprint density at radius 3 is 2.80 bits per heavy atom. The van der Waals surface area contributed by atoms with Gasteiger partial charge in [-0.15, -0.1) is 0 Å². The van der Waals surface area contributed by atoms with Crippen LogP contribution >= 0.6 is 0 Å². The van der Waals surface area contributed by atoms with E-state index < -0.39 is 0 Å². The molecule has 2 aromatic heterocycles. The standard InChI is InChI=1S/C19H22N4O2/c1-15(17-9-6-12-25-17)22(2)19(24)21-13-18-20-10-11-23(18)14-16-7-4-3-5-8-16/h3-12,15H,13-14H2,1-2H3,(H,21,24)/t15-/m0/s1. The maximum Gasteiger partial charge on any atom is 0.318 e. The fourth-order valence-electron chi connectivity index (χ4n) is 2.61. The molecule has 6 nitrogen and oxygen atoms in total. The number of amides is 2. The summed E-state index contributed by atoms with van der Waals surface area (Å²) in [5.74, 6) is 1.57. The van der Waals surface area contributed by atoms with E-state index in [2.05, 4.69) is 22.4 Å². The molecule has 2 heterocycles. The lowest BCUT2D eigenvalue weighted by atomic mass is 10.2. The largest absolute Gasteiger partial charge is 0.467 e. The number of nitrogens with one attached hydrogen (secondary N) is 1. The van der Waals surface area contributed by atoms with E-state index in [4.69, 9.17) is 4.42 Å². The predicted molar refractivity (Wildman–Crippen MR) is 94.9 cm³/mol. The van der Waals surface area contributed by atoms with Crippen LogP contribution in [0.5, 0.6) is 0 Å². The third-order valence-corrected chi connectivity index (χ3v) is 4.25. The summed E-state index contributed by atoms with van der Waals surface area (Å²) in [5, 5.41) is 2.92. The van der Waals surface area contributed by atoms with Gasteiger partial charge < -0.3 is 19.2 Å². The van der Waals surface area contributed by atoms with Gasteiger partial charge in [0.25, 0.3) is 0 Å². The van der Waals surface area contributed by atoms with Gasteiger partial charge >= 0.3 is 6.03 Å². The van der Waals surface area contributed by atoms with Crippen LogP contribution in [0.25, 0.3) is 0 Å². The molecule has 0 bridgehead atoms. The summed E-state index contributed by atoms with van der Waals surface area (Å²) in [6, 6.07) is 13.5. The predicted octanol–water partition coefficient (Wildman–Crippen LogP) is 3.43. The molecule has 1 atom stereocenters. The Kier molecular flexibility index (Phi) is 5.18. The Morgan fingerprint density at radius 2 is 2.08 bits per heavy atom. The van der Waals surface area contributed by atoms with Crippen molar-refractivity contribution in [1.29, 1.82) is 0 Å². The summed E-state index contributed by atoms with van der Waals surface area (Å²) in [6.45, 7) is 3.02. The highest BCUT2D eigenvalue weighted by atomic mass is 16.3. The van der Waals surface area contributed by atoms with Crippen molar-refractivity contribution in [3.63, 3.8) is 0 Å². The van der Waals surface area contributed by atoms with Crippen LogP contribution in [-0.4, -0.2) is 27.5 Å².